The van der Waals surface area contributed by atoms with Crippen LogP contribution in [0.4, 0.5) is 5.82 Å². The van der Waals surface area contributed by atoms with Crippen molar-refractivity contribution in [3.63, 3.8) is 0 Å². The smallest absolute Gasteiger partial charge is 0.167 e. The lowest BCUT2D eigenvalue weighted by atomic mass is 10.1. The molecule has 0 bridgehead atoms. The minimum absolute atomic E-state index is 0.159. The quantitative estimate of drug-likeness (QED) is 0.286. The highest BCUT2D eigenvalue weighted by Gasteiger charge is 2.44. The zero-order valence-electron chi connectivity index (χ0n) is 20.6. The first-order valence-corrected chi connectivity index (χ1v) is 13.5. The largest absolute Gasteiger partial charge is 0.497 e. The van der Waals surface area contributed by atoms with Crippen molar-refractivity contribution in [3.05, 3.63) is 48.7 Å². The predicted molar refractivity (Wildman–Crippen MR) is 139 cm³/mol. The molecular weight excluding hydrogens is 512 g/mol. The Kier molecular flexibility index (Phi) is 7.17. The Balaban J connectivity index is 1.09. The van der Waals surface area contributed by atoms with Crippen molar-refractivity contribution in [1.29, 1.82) is 0 Å². The van der Waals surface area contributed by atoms with Crippen LogP contribution >= 0.6 is 11.8 Å². The van der Waals surface area contributed by atoms with Crippen LogP contribution in [0.1, 0.15) is 18.4 Å². The van der Waals surface area contributed by atoms with Gasteiger partial charge in [0.05, 0.1) is 37.9 Å². The van der Waals surface area contributed by atoms with Crippen molar-refractivity contribution in [1.82, 2.24) is 24.7 Å². The van der Waals surface area contributed by atoms with Gasteiger partial charge in [0.25, 0.3) is 0 Å². The van der Waals surface area contributed by atoms with Gasteiger partial charge in [0.2, 0.25) is 0 Å². The molecule has 2 aliphatic heterocycles. The number of methoxy groups -OCH3 is 1. The van der Waals surface area contributed by atoms with Gasteiger partial charge in [-0.3, -0.25) is 4.57 Å². The molecule has 5 atom stereocenters. The van der Waals surface area contributed by atoms with E-state index in [0.29, 0.717) is 47.5 Å². The number of anilines is 1. The van der Waals surface area contributed by atoms with Crippen LogP contribution in [0.15, 0.2) is 47.5 Å². The van der Waals surface area contributed by atoms with E-state index < -0.39 is 24.5 Å². The van der Waals surface area contributed by atoms with Crippen LogP contribution in [0.3, 0.4) is 0 Å². The van der Waals surface area contributed by atoms with E-state index in [1.807, 2.05) is 30.3 Å². The fourth-order valence-electron chi connectivity index (χ4n) is 4.64. The summed E-state index contributed by atoms with van der Waals surface area (Å²) in [5.74, 6) is 3.07. The number of aliphatic hydroxyl groups is 2. The van der Waals surface area contributed by atoms with E-state index >= 15 is 0 Å². The van der Waals surface area contributed by atoms with Gasteiger partial charge in [0, 0.05) is 24.0 Å². The second-order valence-electron chi connectivity index (χ2n) is 9.22. The van der Waals surface area contributed by atoms with E-state index in [1.165, 1.54) is 18.1 Å². The Morgan fingerprint density at radius 1 is 1.16 bits per heavy atom. The van der Waals surface area contributed by atoms with Gasteiger partial charge in [-0.1, -0.05) is 5.16 Å². The molecule has 0 aliphatic carbocycles. The molecule has 2 aliphatic rings. The Morgan fingerprint density at radius 3 is 2.82 bits per heavy atom. The number of ether oxygens (including phenoxy) is 3. The summed E-state index contributed by atoms with van der Waals surface area (Å²) >= 11 is 1.52. The molecule has 38 heavy (non-hydrogen) atoms. The van der Waals surface area contributed by atoms with Crippen molar-refractivity contribution in [2.75, 3.05) is 31.4 Å². The molecule has 6 rings (SSSR count). The van der Waals surface area contributed by atoms with E-state index in [2.05, 4.69) is 25.4 Å². The molecule has 0 radical (unpaired) electrons. The number of thioether (sulfide) groups is 1. The highest BCUT2D eigenvalue weighted by atomic mass is 32.2. The first kappa shape index (κ1) is 25.1. The number of hydrogen-bond donors (Lipinski definition) is 3. The van der Waals surface area contributed by atoms with Crippen molar-refractivity contribution < 1.29 is 28.9 Å². The molecule has 0 saturated carbocycles. The standard InChI is InChI=1S/C25H28N6O6S/c1-34-16-4-2-14(3-5-16)18-8-17(37-30-18)10-38-11-19-21(32)22(33)25(36-19)31-13-28-20-23(26-12-27-24(20)31)29-15-6-7-35-9-15/h2-5,8,12-13,15,19,21-22,25,32-33H,6-7,9-11H2,1H3,(H,26,27,29)/t15?,19-,21-,22-,25+/m0/s1. The number of aromatic nitrogens is 5. The molecule has 13 heteroatoms. The maximum Gasteiger partial charge on any atom is 0.167 e. The lowest BCUT2D eigenvalue weighted by molar-refractivity contribution is -0.0289. The Hall–Kier alpha value is -3.23. The number of aliphatic hydroxyl groups excluding tert-OH is 2. The molecule has 5 heterocycles. The fraction of sp³-hybridized carbons (Fsp3) is 0.440. The number of rotatable bonds is 9. The third-order valence-electron chi connectivity index (χ3n) is 6.71. The van der Waals surface area contributed by atoms with Crippen LogP contribution in [0.5, 0.6) is 5.75 Å². The number of hydrogen-bond acceptors (Lipinski definition) is 12. The summed E-state index contributed by atoms with van der Waals surface area (Å²) in [5, 5.41) is 29.0. The molecule has 4 aromatic rings. The molecule has 12 nitrogen and oxygen atoms in total. The summed E-state index contributed by atoms with van der Waals surface area (Å²) < 4.78 is 23.8. The molecular formula is C25H28N6O6S. The molecule has 1 aromatic carbocycles. The van der Waals surface area contributed by atoms with Crippen molar-refractivity contribution in [2.24, 2.45) is 0 Å². The van der Waals surface area contributed by atoms with Gasteiger partial charge in [-0.15, -0.1) is 0 Å². The van der Waals surface area contributed by atoms with Crippen LogP contribution in [-0.4, -0.2) is 85.3 Å². The lowest BCUT2D eigenvalue weighted by Gasteiger charge is -2.17. The highest BCUT2D eigenvalue weighted by molar-refractivity contribution is 7.98. The lowest BCUT2D eigenvalue weighted by Crippen LogP contribution is -2.32. The number of imidazole rings is 1. The summed E-state index contributed by atoms with van der Waals surface area (Å²) in [6.07, 6.45) is 0.271. The van der Waals surface area contributed by atoms with Gasteiger partial charge < -0.3 is 34.3 Å². The predicted octanol–water partition coefficient (Wildman–Crippen LogP) is 2.24. The summed E-state index contributed by atoms with van der Waals surface area (Å²) in [6, 6.07) is 9.63. The van der Waals surface area contributed by atoms with E-state index in [0.717, 1.165) is 23.4 Å². The second-order valence-corrected chi connectivity index (χ2v) is 10.2. The van der Waals surface area contributed by atoms with Crippen molar-refractivity contribution >= 4 is 28.7 Å². The Labute approximate surface area is 222 Å². The molecule has 2 saturated heterocycles. The van der Waals surface area contributed by atoms with Crippen molar-refractivity contribution in [2.45, 2.75) is 42.8 Å². The topological polar surface area (TPSA) is 150 Å². The molecule has 0 amide bonds. The summed E-state index contributed by atoms with van der Waals surface area (Å²) in [7, 11) is 1.63. The summed E-state index contributed by atoms with van der Waals surface area (Å²) in [4.78, 5) is 13.1. The zero-order valence-corrected chi connectivity index (χ0v) is 21.5. The van der Waals surface area contributed by atoms with E-state index in [1.54, 1.807) is 18.0 Å². The molecule has 3 aromatic heterocycles. The van der Waals surface area contributed by atoms with Crippen LogP contribution in [0.25, 0.3) is 22.4 Å². The van der Waals surface area contributed by atoms with E-state index in [-0.39, 0.29) is 6.04 Å². The minimum atomic E-state index is -1.14. The number of benzene rings is 1. The molecule has 2 fully saturated rings. The normalized spacial score (nSPS) is 25.3. The maximum absolute atomic E-state index is 10.8. The van der Waals surface area contributed by atoms with Crippen LogP contribution in [0.2, 0.25) is 0 Å². The third-order valence-corrected chi connectivity index (χ3v) is 7.76. The minimum Gasteiger partial charge on any atom is -0.497 e. The van der Waals surface area contributed by atoms with E-state index in [9.17, 15) is 10.2 Å². The second kappa shape index (κ2) is 10.9. The van der Waals surface area contributed by atoms with Gasteiger partial charge in [-0.25, -0.2) is 15.0 Å². The third kappa shape index (κ3) is 4.95. The van der Waals surface area contributed by atoms with Crippen molar-refractivity contribution in [3.8, 4) is 17.0 Å². The molecule has 0 spiro atoms. The highest BCUT2D eigenvalue weighted by Crippen LogP contribution is 2.34. The molecule has 3 N–H and O–H groups in total. The van der Waals surface area contributed by atoms with Crippen LogP contribution in [0, 0.1) is 0 Å². The van der Waals surface area contributed by atoms with Gasteiger partial charge in [0.1, 0.15) is 35.7 Å². The monoisotopic (exact) mass is 540 g/mol. The summed E-state index contributed by atoms with van der Waals surface area (Å²) in [6.45, 7) is 1.32. The average molecular weight is 541 g/mol. The Morgan fingerprint density at radius 2 is 2.03 bits per heavy atom. The SMILES string of the molecule is COc1ccc(-c2cc(CSC[C@@H]3O[C@@H](n4cnc5c(NC6CCOC6)ncnc54)[C@@H](O)[C@H]3O)on2)cc1. The number of fused-ring (bicyclic) bond motifs is 1. The zero-order chi connectivity index (χ0) is 26.1. The molecule has 200 valence electrons. The van der Waals surface area contributed by atoms with Crippen LogP contribution < -0.4 is 10.1 Å². The fourth-order valence-corrected chi connectivity index (χ4v) is 5.60. The van der Waals surface area contributed by atoms with Gasteiger partial charge in [-0.05, 0) is 30.7 Å². The average Bonchev–Trinajstić information content (AvgIpc) is 3.75. The summed E-state index contributed by atoms with van der Waals surface area (Å²) in [5.41, 5.74) is 2.75. The van der Waals surface area contributed by atoms with Gasteiger partial charge in [-0.2, -0.15) is 11.8 Å². The van der Waals surface area contributed by atoms with Gasteiger partial charge in [0.15, 0.2) is 23.2 Å². The van der Waals surface area contributed by atoms with Crippen LogP contribution in [-0.2, 0) is 15.2 Å². The Bertz CT molecular complexity index is 1370. The first-order valence-electron chi connectivity index (χ1n) is 12.3. The number of nitrogens with one attached hydrogen (secondary N) is 1. The molecule has 1 unspecified atom stereocenters. The van der Waals surface area contributed by atoms with E-state index in [4.69, 9.17) is 18.7 Å². The maximum atomic E-state index is 10.8. The first-order chi connectivity index (χ1) is 18.6. The van der Waals surface area contributed by atoms with Gasteiger partial charge >= 0.3 is 0 Å². The number of nitrogens with zero attached hydrogens (tertiary/aromatic N) is 5.